The van der Waals surface area contributed by atoms with E-state index in [1.165, 1.54) is 94.5 Å². The van der Waals surface area contributed by atoms with Crippen LogP contribution in [0.5, 0.6) is 11.5 Å². The molecule has 4 nitrogen and oxygen atoms in total. The van der Waals surface area contributed by atoms with E-state index in [2.05, 4.69) is 255 Å². The van der Waals surface area contributed by atoms with Crippen molar-refractivity contribution in [2.75, 3.05) is 14.7 Å². The first kappa shape index (κ1) is 40.6. The molecule has 4 aliphatic rings. The molecule has 0 saturated heterocycles. The Morgan fingerprint density at radius 3 is 1.19 bits per heavy atom. The molecule has 70 heavy (non-hydrogen) atoms. The standard InChI is InChI=1S/C64H47B2N3O/c1-40-20-18-21-41(2)61(40)44-34-56-63-57(35-44)69(48-28-12-7-13-29-48)55-39-59-52(38-51(55)65(63)49-30-14-16-32-53(49)67(56)46-24-8-5-9-25-46)66-50-31-15-17-33-54(50)68(47-26-10-6-11-27-47)58-36-45(37-60(70-59)64(58)66)62-42(3)22-19-23-43(62)4/h5-39H,1-4H3. The van der Waals surface area contributed by atoms with Crippen LogP contribution in [0.1, 0.15) is 22.3 Å². The third-order valence-corrected chi connectivity index (χ3v) is 15.4. The van der Waals surface area contributed by atoms with Crippen molar-refractivity contribution in [2.45, 2.75) is 27.7 Å². The van der Waals surface area contributed by atoms with Crippen LogP contribution in [-0.4, -0.2) is 13.4 Å². The minimum absolute atomic E-state index is 0.0691. The summed E-state index contributed by atoms with van der Waals surface area (Å²) in [7, 11) is 0. The summed E-state index contributed by atoms with van der Waals surface area (Å²) in [5.74, 6) is 1.78. The number of rotatable bonds is 5. The van der Waals surface area contributed by atoms with Crippen molar-refractivity contribution in [3.63, 3.8) is 0 Å². The molecule has 0 unspecified atom stereocenters. The lowest BCUT2D eigenvalue weighted by molar-refractivity contribution is 0.488. The molecule has 0 radical (unpaired) electrons. The van der Waals surface area contributed by atoms with Crippen LogP contribution in [0.4, 0.5) is 51.2 Å². The predicted molar refractivity (Wildman–Crippen MR) is 296 cm³/mol. The molecule has 4 heterocycles. The molecular formula is C64H47B2N3O. The maximum atomic E-state index is 7.52. The van der Waals surface area contributed by atoms with Gasteiger partial charge in [0.25, 0.3) is 13.4 Å². The number of aryl methyl sites for hydroxylation is 4. The molecule has 330 valence electrons. The Hall–Kier alpha value is -8.47. The summed E-state index contributed by atoms with van der Waals surface area (Å²) in [6.45, 7) is 8.77. The molecule has 14 rings (SSSR count). The first-order chi connectivity index (χ1) is 34.4. The molecule has 10 aromatic carbocycles. The predicted octanol–water partition coefficient (Wildman–Crippen LogP) is 12.7. The molecule has 0 amide bonds. The number of benzene rings is 10. The fourth-order valence-electron chi connectivity index (χ4n) is 12.5. The van der Waals surface area contributed by atoms with Crippen molar-refractivity contribution in [1.82, 2.24) is 0 Å². The van der Waals surface area contributed by atoms with E-state index in [4.69, 9.17) is 4.74 Å². The first-order valence-corrected chi connectivity index (χ1v) is 24.5. The number of hydrogen-bond donors (Lipinski definition) is 0. The van der Waals surface area contributed by atoms with Gasteiger partial charge in [0.2, 0.25) is 0 Å². The van der Waals surface area contributed by atoms with E-state index in [-0.39, 0.29) is 13.4 Å². The van der Waals surface area contributed by atoms with Crippen LogP contribution in [0, 0.1) is 27.7 Å². The van der Waals surface area contributed by atoms with Gasteiger partial charge in [-0.1, -0.05) is 133 Å². The van der Waals surface area contributed by atoms with Gasteiger partial charge in [-0.3, -0.25) is 0 Å². The number of hydrogen-bond acceptors (Lipinski definition) is 4. The zero-order valence-corrected chi connectivity index (χ0v) is 39.6. The highest BCUT2D eigenvalue weighted by molar-refractivity contribution is 7.02. The largest absolute Gasteiger partial charge is 0.458 e. The maximum Gasteiger partial charge on any atom is 0.256 e. The topological polar surface area (TPSA) is 19.0 Å². The van der Waals surface area contributed by atoms with Crippen molar-refractivity contribution in [3.8, 4) is 33.8 Å². The van der Waals surface area contributed by atoms with Gasteiger partial charge in [0.05, 0.1) is 0 Å². The second kappa shape index (κ2) is 15.5. The van der Waals surface area contributed by atoms with E-state index in [1.807, 2.05) is 0 Å². The third kappa shape index (κ3) is 5.92. The summed E-state index contributed by atoms with van der Waals surface area (Å²) >= 11 is 0. The third-order valence-electron chi connectivity index (χ3n) is 15.4. The Bertz CT molecular complexity index is 3740. The summed E-state index contributed by atoms with van der Waals surface area (Å²) in [5.41, 5.74) is 27.7. The monoisotopic (exact) mass is 895 g/mol. The van der Waals surface area contributed by atoms with Crippen LogP contribution < -0.4 is 52.2 Å². The molecular weight excluding hydrogens is 848 g/mol. The Balaban J connectivity index is 1.08. The number of ether oxygens (including phenoxy) is 1. The van der Waals surface area contributed by atoms with Crippen molar-refractivity contribution < 1.29 is 4.74 Å². The van der Waals surface area contributed by atoms with Crippen molar-refractivity contribution in [3.05, 3.63) is 235 Å². The molecule has 10 aromatic rings. The quantitative estimate of drug-likeness (QED) is 0.160. The van der Waals surface area contributed by atoms with E-state index < -0.39 is 0 Å². The molecule has 0 bridgehead atoms. The normalized spacial score (nSPS) is 13.4. The van der Waals surface area contributed by atoms with Gasteiger partial charge in [-0.15, -0.1) is 0 Å². The zero-order chi connectivity index (χ0) is 46.8. The molecule has 0 saturated carbocycles. The fourth-order valence-corrected chi connectivity index (χ4v) is 12.5. The highest BCUT2D eigenvalue weighted by Gasteiger charge is 2.47. The van der Waals surface area contributed by atoms with Gasteiger partial charge in [0, 0.05) is 57.3 Å². The fraction of sp³-hybridized carbons (Fsp3) is 0.0625. The minimum atomic E-state index is -0.0840. The number of para-hydroxylation sites is 5. The highest BCUT2D eigenvalue weighted by atomic mass is 16.5. The van der Waals surface area contributed by atoms with Crippen LogP contribution >= 0.6 is 0 Å². The molecule has 0 spiro atoms. The lowest BCUT2D eigenvalue weighted by Crippen LogP contribution is -2.64. The molecule has 4 aliphatic heterocycles. The van der Waals surface area contributed by atoms with E-state index in [9.17, 15) is 0 Å². The van der Waals surface area contributed by atoms with Gasteiger partial charge in [0.15, 0.2) is 0 Å². The molecule has 0 atom stereocenters. The van der Waals surface area contributed by atoms with Gasteiger partial charge >= 0.3 is 0 Å². The van der Waals surface area contributed by atoms with E-state index in [1.54, 1.807) is 0 Å². The first-order valence-electron chi connectivity index (χ1n) is 24.5. The second-order valence-electron chi connectivity index (χ2n) is 19.4. The number of nitrogens with zero attached hydrogens (tertiary/aromatic N) is 3. The van der Waals surface area contributed by atoms with Crippen molar-refractivity contribution >= 4 is 97.4 Å². The summed E-state index contributed by atoms with van der Waals surface area (Å²) in [6, 6.07) is 78.6. The highest BCUT2D eigenvalue weighted by Crippen LogP contribution is 2.49. The summed E-state index contributed by atoms with van der Waals surface area (Å²) < 4.78 is 7.52. The van der Waals surface area contributed by atoms with Gasteiger partial charge in [-0.2, -0.15) is 0 Å². The average molecular weight is 896 g/mol. The maximum absolute atomic E-state index is 7.52. The Morgan fingerprint density at radius 1 is 0.300 bits per heavy atom. The summed E-state index contributed by atoms with van der Waals surface area (Å²) in [6.07, 6.45) is 0. The summed E-state index contributed by atoms with van der Waals surface area (Å²) in [5, 5.41) is 0. The average Bonchev–Trinajstić information content (AvgIpc) is 3.38. The molecule has 0 fully saturated rings. The Kier molecular flexibility index (Phi) is 9.00. The molecule has 0 aliphatic carbocycles. The number of anilines is 9. The molecule has 0 N–H and O–H groups in total. The van der Waals surface area contributed by atoms with Crippen molar-refractivity contribution in [1.29, 1.82) is 0 Å². The van der Waals surface area contributed by atoms with Gasteiger partial charge in [0.1, 0.15) is 11.5 Å². The van der Waals surface area contributed by atoms with Gasteiger partial charge in [-0.05, 0) is 178 Å². The van der Waals surface area contributed by atoms with E-state index >= 15 is 0 Å². The zero-order valence-electron chi connectivity index (χ0n) is 39.6. The van der Waals surface area contributed by atoms with Gasteiger partial charge in [-0.25, -0.2) is 0 Å². The van der Waals surface area contributed by atoms with Crippen LogP contribution in [0.15, 0.2) is 212 Å². The van der Waals surface area contributed by atoms with Crippen LogP contribution in [-0.2, 0) is 0 Å². The van der Waals surface area contributed by atoms with Crippen molar-refractivity contribution in [2.24, 2.45) is 0 Å². The van der Waals surface area contributed by atoms with Crippen LogP contribution in [0.25, 0.3) is 22.3 Å². The minimum Gasteiger partial charge on any atom is -0.458 e. The van der Waals surface area contributed by atoms with E-state index in [0.717, 1.165) is 45.5 Å². The second-order valence-corrected chi connectivity index (χ2v) is 19.4. The van der Waals surface area contributed by atoms with Crippen LogP contribution in [0.2, 0.25) is 0 Å². The van der Waals surface area contributed by atoms with Gasteiger partial charge < -0.3 is 19.4 Å². The lowest BCUT2D eigenvalue weighted by atomic mass is 9.30. The Labute approximate surface area is 410 Å². The van der Waals surface area contributed by atoms with Crippen LogP contribution in [0.3, 0.4) is 0 Å². The SMILES string of the molecule is Cc1cccc(C)c1-c1cc2c3c(c1)N(c1ccccc1)c1ccccc1B3c1cc3c(cc1O2)N(c1ccccc1)c1cc(-c2c(C)cccc2C)cc2c1B3c1ccccc1N2c1ccccc1. The summed E-state index contributed by atoms with van der Waals surface area (Å²) in [4.78, 5) is 7.48. The smallest absolute Gasteiger partial charge is 0.256 e. The molecule has 6 heteroatoms. The van der Waals surface area contributed by atoms with E-state index in [0.29, 0.717) is 0 Å². The molecule has 0 aromatic heterocycles. The number of fused-ring (bicyclic) bond motifs is 8. The lowest BCUT2D eigenvalue weighted by Gasteiger charge is -2.45. The Morgan fingerprint density at radius 2 is 0.700 bits per heavy atom.